The number of nitrogen functional groups attached to an aromatic ring is 1. The topological polar surface area (TPSA) is 55.0 Å². The summed E-state index contributed by atoms with van der Waals surface area (Å²) in [5, 5.41) is 0. The van der Waals surface area contributed by atoms with Crippen molar-refractivity contribution in [3.63, 3.8) is 0 Å². The summed E-state index contributed by atoms with van der Waals surface area (Å²) in [5.41, 5.74) is 8.56. The Hall–Kier alpha value is -2.10. The molecule has 82 valence electrons. The zero-order valence-electron chi connectivity index (χ0n) is 9.38. The molecule has 4 nitrogen and oxygen atoms in total. The van der Waals surface area contributed by atoms with Crippen LogP contribution in [0.2, 0.25) is 0 Å². The first kappa shape index (κ1) is 10.4. The molecule has 0 radical (unpaired) electrons. The lowest BCUT2D eigenvalue weighted by Crippen LogP contribution is -2.07. The van der Waals surface area contributed by atoms with Crippen molar-refractivity contribution in [3.05, 3.63) is 36.7 Å². The molecular weight excluding hydrogens is 200 g/mol. The minimum absolute atomic E-state index is 0.439. The molecule has 0 saturated heterocycles. The van der Waals surface area contributed by atoms with Crippen molar-refractivity contribution in [2.24, 2.45) is 0 Å². The molecule has 0 atom stereocenters. The molecular formula is C12H14N4. The maximum atomic E-state index is 5.59. The quantitative estimate of drug-likeness (QED) is 0.828. The van der Waals surface area contributed by atoms with Gasteiger partial charge in [-0.2, -0.15) is 0 Å². The van der Waals surface area contributed by atoms with Gasteiger partial charge < -0.3 is 10.6 Å². The fraction of sp³-hybridized carbons (Fsp3) is 0.167. The molecule has 0 saturated carbocycles. The molecule has 0 aliphatic rings. The van der Waals surface area contributed by atoms with Crippen molar-refractivity contribution >= 4 is 11.5 Å². The summed E-state index contributed by atoms with van der Waals surface area (Å²) in [4.78, 5) is 10.3. The average Bonchev–Trinajstić information content (AvgIpc) is 2.29. The smallest absolute Gasteiger partial charge is 0.142 e. The lowest BCUT2D eigenvalue weighted by molar-refractivity contribution is 1.13. The van der Waals surface area contributed by atoms with E-state index in [0.29, 0.717) is 5.82 Å². The van der Waals surface area contributed by atoms with Gasteiger partial charge in [0, 0.05) is 25.3 Å². The summed E-state index contributed by atoms with van der Waals surface area (Å²) >= 11 is 0. The van der Waals surface area contributed by atoms with Crippen molar-refractivity contribution in [2.75, 3.05) is 24.7 Å². The van der Waals surface area contributed by atoms with Crippen LogP contribution in [0.4, 0.5) is 11.5 Å². The predicted molar refractivity (Wildman–Crippen MR) is 66.2 cm³/mol. The van der Waals surface area contributed by atoms with E-state index in [1.165, 1.54) is 6.20 Å². The van der Waals surface area contributed by atoms with E-state index in [-0.39, 0.29) is 0 Å². The lowest BCUT2D eigenvalue weighted by Gasteiger charge is -2.12. The van der Waals surface area contributed by atoms with Crippen LogP contribution in [0.3, 0.4) is 0 Å². The summed E-state index contributed by atoms with van der Waals surface area (Å²) in [5.74, 6) is 0.439. The molecule has 0 bridgehead atoms. The molecule has 0 unspecified atom stereocenters. The number of nitrogens with zero attached hydrogens (tertiary/aromatic N) is 3. The van der Waals surface area contributed by atoms with Gasteiger partial charge in [0.15, 0.2) is 0 Å². The maximum Gasteiger partial charge on any atom is 0.142 e. The fourth-order valence-electron chi connectivity index (χ4n) is 1.45. The van der Waals surface area contributed by atoms with E-state index in [9.17, 15) is 0 Å². The van der Waals surface area contributed by atoms with E-state index in [4.69, 9.17) is 5.73 Å². The van der Waals surface area contributed by atoms with Gasteiger partial charge in [-0.15, -0.1) is 0 Å². The highest BCUT2D eigenvalue weighted by Gasteiger charge is 2.01. The lowest BCUT2D eigenvalue weighted by atomic mass is 10.1. The zero-order chi connectivity index (χ0) is 11.5. The highest BCUT2D eigenvalue weighted by molar-refractivity contribution is 5.63. The van der Waals surface area contributed by atoms with Gasteiger partial charge in [-0.1, -0.05) is 12.1 Å². The molecule has 2 aromatic rings. The van der Waals surface area contributed by atoms with Crippen LogP contribution in [0.25, 0.3) is 11.3 Å². The number of rotatable bonds is 2. The Morgan fingerprint density at radius 1 is 1.06 bits per heavy atom. The van der Waals surface area contributed by atoms with Crippen molar-refractivity contribution in [2.45, 2.75) is 0 Å². The van der Waals surface area contributed by atoms with Crippen molar-refractivity contribution in [1.29, 1.82) is 0 Å². The van der Waals surface area contributed by atoms with Gasteiger partial charge >= 0.3 is 0 Å². The number of benzene rings is 1. The van der Waals surface area contributed by atoms with Crippen LogP contribution in [0.1, 0.15) is 0 Å². The second kappa shape index (κ2) is 4.18. The SMILES string of the molecule is CN(C)c1ccc(-c2cncc(N)n2)cc1. The Kier molecular flexibility index (Phi) is 2.72. The molecule has 1 aromatic heterocycles. The maximum absolute atomic E-state index is 5.59. The van der Waals surface area contributed by atoms with Crippen LogP contribution < -0.4 is 10.6 Å². The van der Waals surface area contributed by atoms with Crippen molar-refractivity contribution in [3.8, 4) is 11.3 Å². The van der Waals surface area contributed by atoms with E-state index in [0.717, 1.165) is 16.9 Å². The van der Waals surface area contributed by atoms with Crippen molar-refractivity contribution < 1.29 is 0 Å². The summed E-state index contributed by atoms with van der Waals surface area (Å²) in [6.45, 7) is 0. The Balaban J connectivity index is 2.35. The molecule has 1 heterocycles. The molecule has 4 heteroatoms. The minimum Gasteiger partial charge on any atom is -0.382 e. The number of hydrogen-bond donors (Lipinski definition) is 1. The van der Waals surface area contributed by atoms with Gasteiger partial charge in [0.1, 0.15) is 5.82 Å². The van der Waals surface area contributed by atoms with Crippen molar-refractivity contribution in [1.82, 2.24) is 9.97 Å². The number of nitrogens with two attached hydrogens (primary N) is 1. The molecule has 0 spiro atoms. The molecule has 0 amide bonds. The van der Waals surface area contributed by atoms with Crippen LogP contribution in [0, 0.1) is 0 Å². The second-order valence-corrected chi connectivity index (χ2v) is 3.77. The Morgan fingerprint density at radius 3 is 2.31 bits per heavy atom. The first-order valence-electron chi connectivity index (χ1n) is 5.02. The molecule has 0 aliphatic carbocycles. The first-order valence-corrected chi connectivity index (χ1v) is 5.02. The molecule has 2 N–H and O–H groups in total. The highest BCUT2D eigenvalue weighted by Crippen LogP contribution is 2.20. The Labute approximate surface area is 94.8 Å². The standard InChI is InChI=1S/C12H14N4/c1-16(2)10-5-3-9(4-6-10)11-7-14-8-12(13)15-11/h3-8H,1-2H3,(H2,13,15). The average molecular weight is 214 g/mol. The van der Waals surface area contributed by atoms with E-state index >= 15 is 0 Å². The van der Waals surface area contributed by atoms with Crippen LogP contribution in [-0.4, -0.2) is 24.1 Å². The summed E-state index contributed by atoms with van der Waals surface area (Å²) in [7, 11) is 4.02. The summed E-state index contributed by atoms with van der Waals surface area (Å²) < 4.78 is 0. The van der Waals surface area contributed by atoms with Crippen LogP contribution in [0.15, 0.2) is 36.7 Å². The monoisotopic (exact) mass is 214 g/mol. The summed E-state index contributed by atoms with van der Waals surface area (Å²) in [6.07, 6.45) is 3.25. The van der Waals surface area contributed by atoms with Gasteiger partial charge in [0.2, 0.25) is 0 Å². The molecule has 1 aromatic carbocycles. The molecule has 0 fully saturated rings. The van der Waals surface area contributed by atoms with Gasteiger partial charge in [-0.05, 0) is 12.1 Å². The third-order valence-corrected chi connectivity index (χ3v) is 2.33. The third-order valence-electron chi connectivity index (χ3n) is 2.33. The van der Waals surface area contributed by atoms with Crippen LogP contribution in [-0.2, 0) is 0 Å². The first-order chi connectivity index (χ1) is 7.66. The van der Waals surface area contributed by atoms with E-state index in [2.05, 4.69) is 14.9 Å². The van der Waals surface area contributed by atoms with Gasteiger partial charge in [0.05, 0.1) is 18.1 Å². The van der Waals surface area contributed by atoms with E-state index in [1.54, 1.807) is 6.20 Å². The summed E-state index contributed by atoms with van der Waals surface area (Å²) in [6, 6.07) is 8.11. The normalized spacial score (nSPS) is 10.1. The zero-order valence-corrected chi connectivity index (χ0v) is 9.38. The second-order valence-electron chi connectivity index (χ2n) is 3.77. The van der Waals surface area contributed by atoms with Gasteiger partial charge in [-0.3, -0.25) is 4.98 Å². The largest absolute Gasteiger partial charge is 0.382 e. The number of hydrogen-bond acceptors (Lipinski definition) is 4. The molecule has 0 aliphatic heterocycles. The number of aromatic nitrogens is 2. The molecule has 16 heavy (non-hydrogen) atoms. The predicted octanol–water partition coefficient (Wildman–Crippen LogP) is 1.79. The van der Waals surface area contributed by atoms with Crippen LogP contribution >= 0.6 is 0 Å². The van der Waals surface area contributed by atoms with Crippen LogP contribution in [0.5, 0.6) is 0 Å². The highest BCUT2D eigenvalue weighted by atomic mass is 15.1. The third kappa shape index (κ3) is 2.11. The molecule has 2 rings (SSSR count). The number of anilines is 2. The fourth-order valence-corrected chi connectivity index (χ4v) is 1.45. The Bertz CT molecular complexity index is 477. The van der Waals surface area contributed by atoms with E-state index < -0.39 is 0 Å². The van der Waals surface area contributed by atoms with E-state index in [1.807, 2.05) is 38.4 Å². The Morgan fingerprint density at radius 2 is 1.75 bits per heavy atom. The van der Waals surface area contributed by atoms with Gasteiger partial charge in [-0.25, -0.2) is 4.98 Å². The van der Waals surface area contributed by atoms with Gasteiger partial charge in [0.25, 0.3) is 0 Å². The minimum atomic E-state index is 0.439.